The molecule has 0 radical (unpaired) electrons. The van der Waals surface area contributed by atoms with Crippen LogP contribution in [0.1, 0.15) is 56.3 Å². The highest BCUT2D eigenvalue weighted by atomic mass is 32.2. The monoisotopic (exact) mass is 533 g/mol. The van der Waals surface area contributed by atoms with Gasteiger partial charge >= 0.3 is 0 Å². The van der Waals surface area contributed by atoms with Crippen LogP contribution in [-0.4, -0.2) is 63.5 Å². The van der Waals surface area contributed by atoms with Crippen molar-refractivity contribution < 1.29 is 21.6 Å². The molecular formula is C26H35N3O5S2. The summed E-state index contributed by atoms with van der Waals surface area (Å²) >= 11 is 0. The number of hydrogen-bond acceptors (Lipinski definition) is 6. The normalized spacial score (nSPS) is 20.8. The minimum Gasteiger partial charge on any atom is -0.378 e. The fourth-order valence-electron chi connectivity index (χ4n) is 4.80. The average molecular weight is 534 g/mol. The molecule has 36 heavy (non-hydrogen) atoms. The zero-order valence-electron chi connectivity index (χ0n) is 20.9. The summed E-state index contributed by atoms with van der Waals surface area (Å²) in [5.74, 6) is 0.260. The number of hydrogen-bond donors (Lipinski definition) is 1. The summed E-state index contributed by atoms with van der Waals surface area (Å²) in [6.07, 6.45) is 4.43. The third-order valence-electron chi connectivity index (χ3n) is 7.19. The molecule has 0 bridgehead atoms. The van der Waals surface area contributed by atoms with Crippen molar-refractivity contribution in [1.29, 1.82) is 0 Å². The van der Waals surface area contributed by atoms with Crippen molar-refractivity contribution in [3.05, 3.63) is 54.1 Å². The van der Waals surface area contributed by atoms with Crippen LogP contribution in [0.5, 0.6) is 0 Å². The lowest BCUT2D eigenvalue weighted by Crippen LogP contribution is -2.41. The van der Waals surface area contributed by atoms with Crippen molar-refractivity contribution in [3.8, 4) is 0 Å². The Morgan fingerprint density at radius 3 is 2.22 bits per heavy atom. The van der Waals surface area contributed by atoms with Gasteiger partial charge < -0.3 is 5.32 Å². The van der Waals surface area contributed by atoms with E-state index in [-0.39, 0.29) is 28.2 Å². The Bertz CT molecular complexity index is 1290. The highest BCUT2D eigenvalue weighted by Crippen LogP contribution is 2.26. The number of anilines is 1. The molecule has 2 aliphatic rings. The molecule has 1 N–H and O–H groups in total. The fraction of sp³-hybridized carbons (Fsp3) is 0.500. The quantitative estimate of drug-likeness (QED) is 0.515. The SMILES string of the molecule is CC1CCN(S(=O)(=O)c2cccc(C(=O)CNc3ccc(S(=O)(=O)N4CCCCC4C)cc3)c2)CC1. The molecule has 8 nitrogen and oxygen atoms in total. The van der Waals surface area contributed by atoms with Crippen LogP contribution in [0.25, 0.3) is 0 Å². The van der Waals surface area contributed by atoms with Crippen LogP contribution in [0.4, 0.5) is 5.69 Å². The molecule has 2 aliphatic heterocycles. The van der Waals surface area contributed by atoms with E-state index in [1.165, 1.54) is 16.4 Å². The number of nitrogens with one attached hydrogen (secondary N) is 1. The third-order valence-corrected chi connectivity index (χ3v) is 11.1. The number of carbonyl (C=O) groups excluding carboxylic acids is 1. The maximum atomic E-state index is 13.0. The van der Waals surface area contributed by atoms with Crippen molar-refractivity contribution >= 4 is 31.5 Å². The Kier molecular flexibility index (Phi) is 8.18. The van der Waals surface area contributed by atoms with E-state index < -0.39 is 20.0 Å². The van der Waals surface area contributed by atoms with Gasteiger partial charge in [-0.25, -0.2) is 16.8 Å². The van der Waals surface area contributed by atoms with E-state index in [9.17, 15) is 21.6 Å². The third kappa shape index (κ3) is 5.82. The van der Waals surface area contributed by atoms with Crippen LogP contribution in [0.2, 0.25) is 0 Å². The Labute approximate surface area is 214 Å². The van der Waals surface area contributed by atoms with Gasteiger partial charge in [-0.05, 0) is 74.9 Å². The number of sulfonamides is 2. The molecule has 2 fully saturated rings. The largest absolute Gasteiger partial charge is 0.378 e. The van der Waals surface area contributed by atoms with Gasteiger partial charge in [0.2, 0.25) is 20.0 Å². The maximum Gasteiger partial charge on any atom is 0.243 e. The lowest BCUT2D eigenvalue weighted by Gasteiger charge is -2.32. The molecule has 10 heteroatoms. The van der Waals surface area contributed by atoms with E-state index in [1.54, 1.807) is 40.7 Å². The first-order valence-electron chi connectivity index (χ1n) is 12.6. The summed E-state index contributed by atoms with van der Waals surface area (Å²) in [5, 5.41) is 3.02. The predicted molar refractivity (Wildman–Crippen MR) is 140 cm³/mol. The smallest absolute Gasteiger partial charge is 0.243 e. The molecule has 0 aliphatic carbocycles. The number of benzene rings is 2. The summed E-state index contributed by atoms with van der Waals surface area (Å²) in [6.45, 7) is 5.53. The molecule has 2 saturated heterocycles. The molecule has 2 aromatic carbocycles. The van der Waals surface area contributed by atoms with Gasteiger partial charge in [-0.3, -0.25) is 4.79 Å². The van der Waals surface area contributed by atoms with E-state index in [0.29, 0.717) is 36.8 Å². The predicted octanol–water partition coefficient (Wildman–Crippen LogP) is 3.97. The van der Waals surface area contributed by atoms with Crippen molar-refractivity contribution in [1.82, 2.24) is 8.61 Å². The van der Waals surface area contributed by atoms with Crippen LogP contribution >= 0.6 is 0 Å². The summed E-state index contributed by atoms with van der Waals surface area (Å²) < 4.78 is 55.1. The van der Waals surface area contributed by atoms with Crippen molar-refractivity contribution in [2.45, 2.75) is 61.8 Å². The molecule has 1 unspecified atom stereocenters. The van der Waals surface area contributed by atoms with Gasteiger partial charge in [0.1, 0.15) is 0 Å². The Morgan fingerprint density at radius 2 is 1.56 bits per heavy atom. The number of Topliss-reactive ketones (excluding diaryl/α,β-unsaturated/α-hetero) is 1. The second kappa shape index (κ2) is 11.0. The van der Waals surface area contributed by atoms with Crippen molar-refractivity contribution in [3.63, 3.8) is 0 Å². The Hall–Kier alpha value is -2.27. The highest BCUT2D eigenvalue weighted by molar-refractivity contribution is 7.89. The Morgan fingerprint density at radius 1 is 0.861 bits per heavy atom. The fourth-order valence-corrected chi connectivity index (χ4v) is 8.01. The lowest BCUT2D eigenvalue weighted by molar-refractivity contribution is 0.101. The maximum absolute atomic E-state index is 13.0. The number of piperidine rings is 2. The van der Waals surface area contributed by atoms with Crippen LogP contribution in [0, 0.1) is 5.92 Å². The lowest BCUT2D eigenvalue weighted by atomic mass is 10.0. The number of carbonyl (C=O) groups is 1. The summed E-state index contributed by atoms with van der Waals surface area (Å²) in [4.78, 5) is 13.2. The molecule has 2 heterocycles. The minimum atomic E-state index is -3.64. The van der Waals surface area contributed by atoms with Gasteiger partial charge in [-0.1, -0.05) is 25.5 Å². The molecule has 2 aromatic rings. The molecule has 1 atom stereocenters. The number of ketones is 1. The Balaban J connectivity index is 1.40. The first kappa shape index (κ1) is 26.8. The van der Waals surface area contributed by atoms with Gasteiger partial charge in [0, 0.05) is 36.9 Å². The molecule has 196 valence electrons. The molecule has 0 aromatic heterocycles. The zero-order valence-corrected chi connectivity index (χ0v) is 22.5. The summed E-state index contributed by atoms with van der Waals surface area (Å²) in [6, 6.07) is 12.5. The van der Waals surface area contributed by atoms with Gasteiger partial charge in [0.15, 0.2) is 5.78 Å². The number of nitrogens with zero attached hydrogens (tertiary/aromatic N) is 2. The first-order chi connectivity index (χ1) is 17.1. The van der Waals surface area contributed by atoms with E-state index in [2.05, 4.69) is 12.2 Å². The topological polar surface area (TPSA) is 104 Å². The second-order valence-corrected chi connectivity index (χ2v) is 13.7. The standard InChI is InChI=1S/C26H35N3O5S2/c1-20-13-16-28(17-14-20)35(31,32)25-8-5-7-22(18-25)26(30)19-27-23-9-11-24(12-10-23)36(33,34)29-15-4-3-6-21(29)2/h5,7-12,18,20-21,27H,3-4,6,13-17,19H2,1-2H3. The van der Waals surface area contributed by atoms with Crippen LogP contribution in [-0.2, 0) is 20.0 Å². The molecule has 0 amide bonds. The van der Waals surface area contributed by atoms with Gasteiger partial charge in [0.25, 0.3) is 0 Å². The van der Waals surface area contributed by atoms with E-state index >= 15 is 0 Å². The van der Waals surface area contributed by atoms with Gasteiger partial charge in [-0.15, -0.1) is 0 Å². The minimum absolute atomic E-state index is 0.0165. The first-order valence-corrected chi connectivity index (χ1v) is 15.5. The van der Waals surface area contributed by atoms with Crippen LogP contribution in [0.3, 0.4) is 0 Å². The molecular weight excluding hydrogens is 498 g/mol. The molecule has 0 spiro atoms. The van der Waals surface area contributed by atoms with E-state index in [0.717, 1.165) is 32.1 Å². The van der Waals surface area contributed by atoms with Crippen LogP contribution in [0.15, 0.2) is 58.3 Å². The number of rotatable bonds is 8. The zero-order chi connectivity index (χ0) is 25.9. The van der Waals surface area contributed by atoms with E-state index in [1.807, 2.05) is 6.92 Å². The highest BCUT2D eigenvalue weighted by Gasteiger charge is 2.31. The van der Waals surface area contributed by atoms with Crippen LogP contribution < -0.4 is 5.32 Å². The molecule has 4 rings (SSSR count). The van der Waals surface area contributed by atoms with Gasteiger partial charge in [-0.2, -0.15) is 8.61 Å². The van der Waals surface area contributed by atoms with Crippen molar-refractivity contribution in [2.75, 3.05) is 31.5 Å². The van der Waals surface area contributed by atoms with Crippen molar-refractivity contribution in [2.24, 2.45) is 5.92 Å². The summed E-state index contributed by atoms with van der Waals surface area (Å²) in [7, 11) is -7.20. The average Bonchev–Trinajstić information content (AvgIpc) is 2.88. The van der Waals surface area contributed by atoms with Gasteiger partial charge in [0.05, 0.1) is 16.3 Å². The molecule has 0 saturated carbocycles. The second-order valence-electron chi connectivity index (χ2n) is 9.88. The van der Waals surface area contributed by atoms with E-state index in [4.69, 9.17) is 0 Å². The summed E-state index contributed by atoms with van der Waals surface area (Å²) in [5.41, 5.74) is 0.924.